The Morgan fingerprint density at radius 2 is 1.48 bits per heavy atom. The van der Waals surface area contributed by atoms with Gasteiger partial charge in [-0.3, -0.25) is 4.79 Å². The van der Waals surface area contributed by atoms with E-state index in [2.05, 4.69) is 0 Å². The van der Waals surface area contributed by atoms with Crippen molar-refractivity contribution in [2.45, 2.75) is 17.5 Å². The van der Waals surface area contributed by atoms with Crippen LogP contribution in [-0.2, 0) is 26.2 Å². The molecule has 6 nitrogen and oxygen atoms in total. The van der Waals surface area contributed by atoms with Crippen molar-refractivity contribution in [2.24, 2.45) is 0 Å². The molecular weight excluding hydrogens is 425 g/mol. The number of benzene rings is 2. The zero-order chi connectivity index (χ0) is 21.9. The van der Waals surface area contributed by atoms with Gasteiger partial charge in [0.2, 0.25) is 15.8 Å². The molecule has 0 fully saturated rings. The number of aliphatic carboxylic acids is 1. The van der Waals surface area contributed by atoms with Gasteiger partial charge in [-0.2, -0.15) is 4.31 Å². The fourth-order valence-corrected chi connectivity index (χ4v) is 3.72. The van der Waals surface area contributed by atoms with Crippen LogP contribution in [0.5, 0.6) is 0 Å². The summed E-state index contributed by atoms with van der Waals surface area (Å²) in [6.07, 6.45) is 0. The van der Waals surface area contributed by atoms with Gasteiger partial charge in [-0.15, -0.1) is 0 Å². The molecule has 0 aromatic heterocycles. The minimum Gasteiger partial charge on any atom is -0.480 e. The number of carbonyl (C=O) groups is 1. The average Bonchev–Trinajstić information content (AvgIpc) is 2.68. The van der Waals surface area contributed by atoms with E-state index in [-0.39, 0.29) is 10.9 Å². The first-order chi connectivity index (χ1) is 13.5. The van der Waals surface area contributed by atoms with Gasteiger partial charge in [0.15, 0.2) is 28.2 Å². The first-order valence-electron chi connectivity index (χ1n) is 7.84. The summed E-state index contributed by atoms with van der Waals surface area (Å²) in [6, 6.07) is 6.35. The molecule has 12 heteroatoms. The molecule has 0 amide bonds. The lowest BCUT2D eigenvalue weighted by Crippen LogP contribution is -2.45. The maximum absolute atomic E-state index is 13.9. The molecular formula is C17H14F5NO5S. The molecule has 0 heterocycles. The second-order valence-corrected chi connectivity index (χ2v) is 7.71. The molecule has 0 saturated heterocycles. The Morgan fingerprint density at radius 1 is 1.00 bits per heavy atom. The van der Waals surface area contributed by atoms with Gasteiger partial charge in [0.25, 0.3) is 0 Å². The molecule has 158 valence electrons. The number of hydrogen-bond acceptors (Lipinski definition) is 4. The predicted octanol–water partition coefficient (Wildman–Crippen LogP) is 2.67. The monoisotopic (exact) mass is 439 g/mol. The minimum absolute atomic E-state index is 0.0292. The molecule has 0 bridgehead atoms. The Labute approximate surface area is 162 Å². The predicted molar refractivity (Wildman–Crippen MR) is 88.7 cm³/mol. The van der Waals surface area contributed by atoms with Crippen LogP contribution in [0.15, 0.2) is 35.2 Å². The first kappa shape index (κ1) is 22.7. The molecule has 0 aliphatic rings. The number of carboxylic acid groups (broad SMARTS) is 1. The van der Waals surface area contributed by atoms with Crippen molar-refractivity contribution in [3.8, 4) is 0 Å². The number of rotatable bonds is 8. The number of likely N-dealkylation sites (N-methyl/N-ethyl adjacent to an activating group) is 1. The van der Waals surface area contributed by atoms with E-state index in [1.165, 1.54) is 0 Å². The molecule has 0 aliphatic heterocycles. The van der Waals surface area contributed by atoms with E-state index >= 15 is 0 Å². The van der Waals surface area contributed by atoms with Gasteiger partial charge in [0.1, 0.15) is 6.04 Å². The van der Waals surface area contributed by atoms with E-state index in [0.717, 1.165) is 0 Å². The first-order valence-corrected chi connectivity index (χ1v) is 9.28. The van der Waals surface area contributed by atoms with Gasteiger partial charge >= 0.3 is 5.97 Å². The quantitative estimate of drug-likeness (QED) is 0.389. The van der Waals surface area contributed by atoms with Crippen molar-refractivity contribution in [2.75, 3.05) is 13.7 Å². The molecule has 2 aromatic carbocycles. The van der Waals surface area contributed by atoms with Crippen LogP contribution in [-0.4, -0.2) is 43.5 Å². The second kappa shape index (κ2) is 8.84. The van der Waals surface area contributed by atoms with E-state index in [0.29, 0.717) is 12.6 Å². The fraction of sp³-hybridized carbons (Fsp3) is 0.235. The molecule has 0 unspecified atom stereocenters. The summed E-state index contributed by atoms with van der Waals surface area (Å²) in [7, 11) is -4.80. The summed E-state index contributed by atoms with van der Waals surface area (Å²) in [4.78, 5) is 9.29. The number of carboxylic acids is 1. The highest BCUT2D eigenvalue weighted by atomic mass is 32.2. The maximum Gasteiger partial charge on any atom is 0.324 e. The second-order valence-electron chi connectivity index (χ2n) is 5.78. The maximum atomic E-state index is 13.9. The summed E-state index contributed by atoms with van der Waals surface area (Å²) < 4.78 is 97.6. The van der Waals surface area contributed by atoms with Crippen molar-refractivity contribution in [3.63, 3.8) is 0 Å². The number of hydrogen-bond donors (Lipinski definition) is 1. The van der Waals surface area contributed by atoms with Crippen molar-refractivity contribution in [1.82, 2.24) is 4.31 Å². The van der Waals surface area contributed by atoms with Crippen LogP contribution in [0.3, 0.4) is 0 Å². The Hall–Kier alpha value is -2.57. The van der Waals surface area contributed by atoms with Crippen LogP contribution < -0.4 is 0 Å². The third-order valence-electron chi connectivity index (χ3n) is 3.92. The third-order valence-corrected chi connectivity index (χ3v) is 5.80. The van der Waals surface area contributed by atoms with Gasteiger partial charge in [0, 0.05) is 7.05 Å². The zero-order valence-electron chi connectivity index (χ0n) is 14.7. The normalized spacial score (nSPS) is 12.9. The molecule has 0 aliphatic carbocycles. The molecule has 0 spiro atoms. The molecule has 1 atom stereocenters. The van der Waals surface area contributed by atoms with Crippen molar-refractivity contribution >= 4 is 16.0 Å². The number of nitrogens with zero attached hydrogens (tertiary/aromatic N) is 1. The number of ether oxygens (including phenoxy) is 1. The van der Waals surface area contributed by atoms with Gasteiger partial charge in [-0.1, -0.05) is 30.3 Å². The van der Waals surface area contributed by atoms with Gasteiger partial charge < -0.3 is 9.84 Å². The molecule has 2 rings (SSSR count). The number of sulfonamides is 1. The Bertz CT molecular complexity index is 988. The highest BCUT2D eigenvalue weighted by Gasteiger charge is 2.40. The van der Waals surface area contributed by atoms with Crippen LogP contribution >= 0.6 is 0 Å². The lowest BCUT2D eigenvalue weighted by molar-refractivity contribution is -0.143. The molecule has 29 heavy (non-hydrogen) atoms. The standard InChI is InChI=1S/C17H14F5NO5S/c1-23(10(17(24)25)8-28-7-9-5-3-2-4-6-9)29(26,27)16-14(21)12(19)11(18)13(20)15(16)22/h2-6,10H,7-8H2,1H3,(H,24,25)/t10-/m1/s1. The minimum atomic E-state index is -5.43. The molecule has 2 aromatic rings. The van der Waals surface area contributed by atoms with E-state index in [1.54, 1.807) is 30.3 Å². The largest absolute Gasteiger partial charge is 0.480 e. The summed E-state index contributed by atoms with van der Waals surface area (Å²) in [5.74, 6) is -14.4. The molecule has 1 N–H and O–H groups in total. The van der Waals surface area contributed by atoms with Crippen LogP contribution in [0.25, 0.3) is 0 Å². The Kier molecular flexibility index (Phi) is 6.93. The summed E-state index contributed by atoms with van der Waals surface area (Å²) in [6.45, 7) is -0.865. The van der Waals surface area contributed by atoms with Crippen molar-refractivity contribution < 1.29 is 45.0 Å². The fourth-order valence-electron chi connectivity index (χ4n) is 2.32. The van der Waals surface area contributed by atoms with Gasteiger partial charge in [-0.25, -0.2) is 30.4 Å². The molecule has 0 radical (unpaired) electrons. The van der Waals surface area contributed by atoms with Crippen LogP contribution in [0.1, 0.15) is 5.56 Å². The van der Waals surface area contributed by atoms with E-state index in [4.69, 9.17) is 4.74 Å². The summed E-state index contributed by atoms with van der Waals surface area (Å²) >= 11 is 0. The van der Waals surface area contributed by atoms with E-state index < -0.39 is 62.6 Å². The third kappa shape index (κ3) is 4.54. The van der Waals surface area contributed by atoms with Crippen LogP contribution in [0, 0.1) is 29.1 Å². The van der Waals surface area contributed by atoms with Crippen molar-refractivity contribution in [3.05, 3.63) is 65.0 Å². The highest BCUT2D eigenvalue weighted by molar-refractivity contribution is 7.89. The summed E-state index contributed by atoms with van der Waals surface area (Å²) in [5, 5.41) is 9.26. The smallest absolute Gasteiger partial charge is 0.324 e. The lowest BCUT2D eigenvalue weighted by atomic mass is 10.2. The lowest BCUT2D eigenvalue weighted by Gasteiger charge is -2.24. The highest BCUT2D eigenvalue weighted by Crippen LogP contribution is 2.29. The molecule has 0 saturated carbocycles. The van der Waals surface area contributed by atoms with Crippen molar-refractivity contribution in [1.29, 1.82) is 0 Å². The topological polar surface area (TPSA) is 83.9 Å². The van der Waals surface area contributed by atoms with Gasteiger partial charge in [0.05, 0.1) is 13.2 Å². The zero-order valence-corrected chi connectivity index (χ0v) is 15.5. The van der Waals surface area contributed by atoms with Crippen LogP contribution in [0.4, 0.5) is 22.0 Å². The number of halogens is 5. The average molecular weight is 439 g/mol. The van der Waals surface area contributed by atoms with E-state index in [9.17, 15) is 40.3 Å². The van der Waals surface area contributed by atoms with Gasteiger partial charge in [-0.05, 0) is 5.56 Å². The Balaban J connectivity index is 2.34. The SMILES string of the molecule is CN([C@H](COCc1ccccc1)C(=O)O)S(=O)(=O)c1c(F)c(F)c(F)c(F)c1F. The van der Waals surface area contributed by atoms with E-state index in [1.807, 2.05) is 0 Å². The van der Waals surface area contributed by atoms with Crippen LogP contribution in [0.2, 0.25) is 0 Å². The summed E-state index contributed by atoms with van der Waals surface area (Å²) in [5.41, 5.74) is 0.627. The Morgan fingerprint density at radius 3 is 1.97 bits per heavy atom.